The van der Waals surface area contributed by atoms with Crippen molar-refractivity contribution in [1.29, 1.82) is 0 Å². The van der Waals surface area contributed by atoms with Crippen LogP contribution < -0.4 is 5.73 Å². The highest BCUT2D eigenvalue weighted by molar-refractivity contribution is 5.99. The van der Waals surface area contributed by atoms with E-state index in [-0.39, 0.29) is 29.2 Å². The number of carbonyl (C=O) groups is 2. The van der Waals surface area contributed by atoms with Crippen molar-refractivity contribution in [3.8, 4) is 0 Å². The second kappa shape index (κ2) is 9.16. The monoisotopic (exact) mass is 563 g/mol. The third-order valence-corrected chi connectivity index (χ3v) is 12.2. The molecule has 5 heteroatoms. The fraction of sp³-hybridized carbons (Fsp3) is 0.514. The first-order valence-corrected chi connectivity index (χ1v) is 16.2. The molecule has 1 aromatic carbocycles. The first-order chi connectivity index (χ1) is 20.5. The number of ether oxygens (including phenoxy) is 2. The molecule has 2 aliphatic heterocycles. The Morgan fingerprint density at radius 3 is 2.76 bits per heavy atom. The number of allylic oxidation sites excluding steroid dienone is 8. The first kappa shape index (κ1) is 26.4. The Kier molecular flexibility index (Phi) is 5.77. The molecule has 2 N–H and O–H groups in total. The van der Waals surface area contributed by atoms with Gasteiger partial charge in [0.05, 0.1) is 11.0 Å². The highest BCUT2D eigenvalue weighted by atomic mass is 16.6. The molecule has 0 amide bonds. The predicted molar refractivity (Wildman–Crippen MR) is 161 cm³/mol. The van der Waals surface area contributed by atoms with Gasteiger partial charge in [0.15, 0.2) is 5.60 Å². The molecule has 7 aliphatic rings. The van der Waals surface area contributed by atoms with E-state index in [9.17, 15) is 9.59 Å². The smallest absolute Gasteiger partial charge is 0.339 e. The van der Waals surface area contributed by atoms with Gasteiger partial charge in [0.25, 0.3) is 0 Å². The van der Waals surface area contributed by atoms with Crippen molar-refractivity contribution in [1.82, 2.24) is 0 Å². The molecule has 2 heterocycles. The summed E-state index contributed by atoms with van der Waals surface area (Å²) in [5.74, 6) is 1.37. The van der Waals surface area contributed by atoms with Crippen LogP contribution in [0.2, 0.25) is 0 Å². The molecule has 1 saturated heterocycles. The molecule has 42 heavy (non-hydrogen) atoms. The minimum atomic E-state index is -0.917. The van der Waals surface area contributed by atoms with Gasteiger partial charge in [-0.2, -0.15) is 0 Å². The second-order valence-corrected chi connectivity index (χ2v) is 13.7. The number of aryl methyl sites for hydroxylation is 1. The lowest BCUT2D eigenvalue weighted by molar-refractivity contribution is -0.270. The molecule has 0 unspecified atom stereocenters. The number of nitrogens with two attached hydrogens (primary N) is 1. The second-order valence-electron chi connectivity index (χ2n) is 13.7. The van der Waals surface area contributed by atoms with Crippen molar-refractivity contribution >= 4 is 11.9 Å². The summed E-state index contributed by atoms with van der Waals surface area (Å²) in [4.78, 5) is 28.1. The van der Waals surface area contributed by atoms with E-state index in [0.717, 1.165) is 61.8 Å². The largest absolute Gasteiger partial charge is 0.449 e. The quantitative estimate of drug-likeness (QED) is 0.302. The fourth-order valence-corrected chi connectivity index (χ4v) is 10.7. The topological polar surface area (TPSA) is 78.6 Å². The molecule has 0 bridgehead atoms. The molecule has 5 aliphatic carbocycles. The highest BCUT2D eigenvalue weighted by Crippen LogP contribution is 2.84. The molecule has 1 aromatic rings. The third kappa shape index (κ3) is 2.94. The van der Waals surface area contributed by atoms with Gasteiger partial charge in [-0.15, -0.1) is 0 Å². The molecule has 2 saturated carbocycles. The standard InChI is InChI=1S/C37H41NO4/c1-2-9-29-35-19-5-6-20-36(35,37(29)28-13-7-10-25(11-8-21-38)31(28)32(39)42-37)30(41-33(35)40)22-24-14-15-27-17-16-26-12-3-4-18-34(26,27)23-24/h3-5,7,10,12-15,18-19,22,24,26-27,29H,2,6,8-9,11,16-17,20-21,23,38H2,1H3/t24-,26+,27-,29+,34+,35-,36+,37-/m0/s1. The van der Waals surface area contributed by atoms with Gasteiger partial charge in [0.2, 0.25) is 0 Å². The summed E-state index contributed by atoms with van der Waals surface area (Å²) in [7, 11) is 0. The van der Waals surface area contributed by atoms with Crippen molar-refractivity contribution in [3.63, 3.8) is 0 Å². The lowest BCUT2D eigenvalue weighted by Gasteiger charge is -2.68. The summed E-state index contributed by atoms with van der Waals surface area (Å²) < 4.78 is 13.1. The summed E-state index contributed by atoms with van der Waals surface area (Å²) >= 11 is 0. The number of carbonyl (C=O) groups excluding carboxylic acids is 2. The van der Waals surface area contributed by atoms with Crippen LogP contribution in [0.25, 0.3) is 0 Å². The first-order valence-electron chi connectivity index (χ1n) is 16.2. The van der Waals surface area contributed by atoms with Crippen molar-refractivity contribution in [2.24, 2.45) is 45.7 Å². The molecular weight excluding hydrogens is 522 g/mol. The van der Waals surface area contributed by atoms with Crippen LogP contribution in [0.15, 0.2) is 78.6 Å². The Balaban J connectivity index is 1.29. The van der Waals surface area contributed by atoms with Crippen LogP contribution in [-0.4, -0.2) is 18.5 Å². The number of rotatable bonds is 6. The van der Waals surface area contributed by atoms with Gasteiger partial charge >= 0.3 is 11.9 Å². The molecule has 2 spiro atoms. The summed E-state index contributed by atoms with van der Waals surface area (Å²) in [6.45, 7) is 2.72. The zero-order valence-electron chi connectivity index (χ0n) is 24.5. The van der Waals surface area contributed by atoms with Gasteiger partial charge in [-0.1, -0.05) is 80.2 Å². The Bertz CT molecular complexity index is 1520. The number of esters is 2. The van der Waals surface area contributed by atoms with E-state index in [2.05, 4.69) is 73.7 Å². The van der Waals surface area contributed by atoms with Crippen molar-refractivity contribution in [3.05, 3.63) is 95.3 Å². The molecule has 5 nitrogen and oxygen atoms in total. The lowest BCUT2D eigenvalue weighted by Crippen LogP contribution is -2.75. The van der Waals surface area contributed by atoms with Gasteiger partial charge in [-0.3, -0.25) is 4.79 Å². The van der Waals surface area contributed by atoms with E-state index >= 15 is 0 Å². The van der Waals surface area contributed by atoms with Gasteiger partial charge in [-0.25, -0.2) is 4.79 Å². The van der Waals surface area contributed by atoms with E-state index in [4.69, 9.17) is 15.2 Å². The zero-order valence-corrected chi connectivity index (χ0v) is 24.5. The maximum absolute atomic E-state index is 14.2. The molecular formula is C37H41NO4. The van der Waals surface area contributed by atoms with Crippen molar-refractivity contribution in [2.45, 2.75) is 70.3 Å². The molecule has 8 atom stereocenters. The van der Waals surface area contributed by atoms with Crippen LogP contribution in [0.1, 0.15) is 79.8 Å². The number of hydrogen-bond donors (Lipinski definition) is 1. The molecule has 8 rings (SSSR count). The van der Waals surface area contributed by atoms with E-state index < -0.39 is 16.4 Å². The van der Waals surface area contributed by atoms with Crippen LogP contribution in [-0.2, 0) is 26.3 Å². The number of benzene rings is 1. The van der Waals surface area contributed by atoms with Crippen molar-refractivity contribution < 1.29 is 19.1 Å². The van der Waals surface area contributed by atoms with Gasteiger partial charge in [0, 0.05) is 16.9 Å². The van der Waals surface area contributed by atoms with Gasteiger partial charge in [-0.05, 0) is 87.3 Å². The van der Waals surface area contributed by atoms with Gasteiger partial charge < -0.3 is 15.2 Å². The molecule has 218 valence electrons. The van der Waals surface area contributed by atoms with E-state index in [0.29, 0.717) is 23.9 Å². The zero-order chi connectivity index (χ0) is 28.7. The average molecular weight is 564 g/mol. The van der Waals surface area contributed by atoms with Crippen LogP contribution in [0, 0.1) is 39.9 Å². The van der Waals surface area contributed by atoms with E-state index in [1.165, 1.54) is 12.8 Å². The minimum Gasteiger partial charge on any atom is -0.449 e. The van der Waals surface area contributed by atoms with Crippen molar-refractivity contribution in [2.75, 3.05) is 6.54 Å². The third-order valence-electron chi connectivity index (χ3n) is 12.2. The average Bonchev–Trinajstić information content (AvgIpc) is 3.61. The molecule has 3 fully saturated rings. The number of fused-ring (bicyclic) bond motifs is 2. The van der Waals surface area contributed by atoms with Crippen LogP contribution in [0.5, 0.6) is 0 Å². The Morgan fingerprint density at radius 2 is 1.93 bits per heavy atom. The van der Waals surface area contributed by atoms with Crippen LogP contribution >= 0.6 is 0 Å². The SMILES string of the molecule is CCC[C@@H]1[C@]23C=CCC[C@]2(C(=C[C@@H]2C=C[C@H]4CC[C@H]5C=CC=C[C@@]54C2)OC3=O)[C@@]12OC(=O)c1c(CCCN)cccc12. The summed E-state index contributed by atoms with van der Waals surface area (Å²) in [5, 5.41) is 0. The maximum Gasteiger partial charge on any atom is 0.339 e. The Morgan fingerprint density at radius 1 is 1.07 bits per heavy atom. The summed E-state index contributed by atoms with van der Waals surface area (Å²) in [5.41, 5.74) is 6.15. The van der Waals surface area contributed by atoms with Gasteiger partial charge in [0.1, 0.15) is 11.2 Å². The van der Waals surface area contributed by atoms with Crippen LogP contribution in [0.3, 0.4) is 0 Å². The predicted octanol–water partition coefficient (Wildman–Crippen LogP) is 6.85. The number of cyclic esters (lactones) is 1. The summed E-state index contributed by atoms with van der Waals surface area (Å²) in [6.07, 6.45) is 28.7. The van der Waals surface area contributed by atoms with E-state index in [1.54, 1.807) is 0 Å². The van der Waals surface area contributed by atoms with Crippen LogP contribution in [0.4, 0.5) is 0 Å². The molecule has 0 aromatic heterocycles. The fourth-order valence-electron chi connectivity index (χ4n) is 10.7. The summed E-state index contributed by atoms with van der Waals surface area (Å²) in [6, 6.07) is 6.17. The Labute approximate surface area is 248 Å². The minimum absolute atomic E-state index is 0.126. The highest BCUT2D eigenvalue weighted by Gasteiger charge is 2.90. The maximum atomic E-state index is 14.2. The lowest BCUT2D eigenvalue weighted by atomic mass is 9.32. The molecule has 0 radical (unpaired) electrons. The normalized spacial score (nSPS) is 42.6. The Hall–Kier alpha value is -3.18. The van der Waals surface area contributed by atoms with E-state index in [1.807, 2.05) is 6.07 Å². The number of hydrogen-bond acceptors (Lipinski definition) is 5.